The van der Waals surface area contributed by atoms with Crippen LogP contribution in [0.15, 0.2) is 72.8 Å². The minimum absolute atomic E-state index is 1.10. The Morgan fingerprint density at radius 3 is 0.962 bits per heavy atom. The second-order valence-corrected chi connectivity index (χ2v) is 7.21. The first-order chi connectivity index (χ1) is 12.8. The van der Waals surface area contributed by atoms with Crippen LogP contribution in [0.4, 0.5) is 0 Å². The van der Waals surface area contributed by atoms with Crippen LogP contribution in [0, 0.1) is 0 Å². The Kier molecular flexibility index (Phi) is 6.66. The summed E-state index contributed by atoms with van der Waals surface area (Å²) >= 11 is 0. The maximum atomic E-state index is 2.29. The molecule has 0 amide bonds. The molecule has 0 atom stereocenters. The predicted octanol–water partition coefficient (Wildman–Crippen LogP) is 7.04. The van der Waals surface area contributed by atoms with E-state index in [1.165, 1.54) is 59.1 Å². The van der Waals surface area contributed by atoms with Crippen LogP contribution in [0.5, 0.6) is 0 Å². The van der Waals surface area contributed by atoms with Crippen LogP contribution in [-0.2, 0) is 25.7 Å². The Labute approximate surface area is 158 Å². The van der Waals surface area contributed by atoms with E-state index in [2.05, 4.69) is 86.6 Å². The van der Waals surface area contributed by atoms with Crippen LogP contribution in [0.1, 0.15) is 48.9 Å². The maximum absolute atomic E-state index is 2.29. The molecule has 0 nitrogen and oxygen atoms in total. The maximum Gasteiger partial charge on any atom is -0.0184 e. The van der Waals surface area contributed by atoms with Gasteiger partial charge >= 0.3 is 0 Å². The van der Waals surface area contributed by atoms with Crippen molar-refractivity contribution in [2.45, 2.75) is 52.4 Å². The van der Waals surface area contributed by atoms with Gasteiger partial charge in [0.2, 0.25) is 0 Å². The van der Waals surface area contributed by atoms with Gasteiger partial charge in [0.25, 0.3) is 0 Å². The van der Waals surface area contributed by atoms with Crippen molar-refractivity contribution in [3.63, 3.8) is 0 Å². The molecule has 0 fully saturated rings. The van der Waals surface area contributed by atoms with E-state index in [0.717, 1.165) is 12.8 Å². The van der Waals surface area contributed by atoms with Crippen molar-refractivity contribution >= 4 is 0 Å². The second kappa shape index (κ2) is 9.38. The summed E-state index contributed by atoms with van der Waals surface area (Å²) < 4.78 is 0. The fraction of sp³-hybridized carbons (Fsp3) is 0.308. The lowest BCUT2D eigenvalue weighted by molar-refractivity contribution is 0.914. The van der Waals surface area contributed by atoms with E-state index in [9.17, 15) is 0 Å². The molecule has 3 aromatic rings. The lowest BCUT2D eigenvalue weighted by Gasteiger charge is -2.07. The molecule has 0 heteroatoms. The third kappa shape index (κ3) is 5.08. The summed E-state index contributed by atoms with van der Waals surface area (Å²) in [5.74, 6) is 0. The zero-order chi connectivity index (χ0) is 18.2. The van der Waals surface area contributed by atoms with Crippen LogP contribution in [0.3, 0.4) is 0 Å². The highest BCUT2D eigenvalue weighted by atomic mass is 14.1. The van der Waals surface area contributed by atoms with Crippen LogP contribution in [0.2, 0.25) is 0 Å². The molecule has 0 heterocycles. The van der Waals surface area contributed by atoms with E-state index in [0.29, 0.717) is 0 Å². The van der Waals surface area contributed by atoms with Crippen molar-refractivity contribution in [3.05, 3.63) is 95.1 Å². The highest BCUT2D eigenvalue weighted by molar-refractivity contribution is 5.64. The van der Waals surface area contributed by atoms with Crippen LogP contribution < -0.4 is 0 Å². The molecule has 134 valence electrons. The van der Waals surface area contributed by atoms with E-state index in [1.54, 1.807) is 0 Å². The quantitative estimate of drug-likeness (QED) is 0.411. The lowest BCUT2D eigenvalue weighted by Crippen LogP contribution is -1.92. The van der Waals surface area contributed by atoms with Crippen molar-refractivity contribution in [1.82, 2.24) is 0 Å². The van der Waals surface area contributed by atoms with Gasteiger partial charge in [-0.05, 0) is 59.1 Å². The Morgan fingerprint density at radius 2 is 0.654 bits per heavy atom. The molecular weight excluding hydrogens is 312 g/mol. The smallest absolute Gasteiger partial charge is 0.0184 e. The van der Waals surface area contributed by atoms with Crippen molar-refractivity contribution in [2.24, 2.45) is 0 Å². The average Bonchev–Trinajstić information content (AvgIpc) is 2.69. The molecule has 0 radical (unpaired) electrons. The standard InChI is InChI=1S/C26H30/c1-3-5-21-7-9-23(10-8-21)11-12-24-15-19-26(20-16-24)25-17-13-22(6-4-2)14-18-25/h7-10,13-20H,3-6,11-12H2,1-2H3. The van der Waals surface area contributed by atoms with Gasteiger partial charge in [-0.1, -0.05) is 99.5 Å². The van der Waals surface area contributed by atoms with Gasteiger partial charge < -0.3 is 0 Å². The molecule has 3 aromatic carbocycles. The summed E-state index contributed by atoms with van der Waals surface area (Å²) in [5, 5.41) is 0. The van der Waals surface area contributed by atoms with Gasteiger partial charge in [0.05, 0.1) is 0 Å². The summed E-state index contributed by atoms with van der Waals surface area (Å²) in [6, 6.07) is 27.2. The molecule has 3 rings (SSSR count). The normalized spacial score (nSPS) is 10.8. The highest BCUT2D eigenvalue weighted by Gasteiger charge is 2.01. The van der Waals surface area contributed by atoms with Gasteiger partial charge in [-0.15, -0.1) is 0 Å². The molecule has 26 heavy (non-hydrogen) atoms. The summed E-state index contributed by atoms with van der Waals surface area (Å²) in [6.07, 6.45) is 6.97. The van der Waals surface area contributed by atoms with Crippen molar-refractivity contribution in [2.75, 3.05) is 0 Å². The van der Waals surface area contributed by atoms with Gasteiger partial charge in [-0.25, -0.2) is 0 Å². The van der Waals surface area contributed by atoms with Gasteiger partial charge in [0.1, 0.15) is 0 Å². The number of rotatable bonds is 8. The van der Waals surface area contributed by atoms with Gasteiger partial charge in [-0.3, -0.25) is 0 Å². The van der Waals surface area contributed by atoms with E-state index >= 15 is 0 Å². The number of aryl methyl sites for hydroxylation is 4. The molecule has 0 aliphatic heterocycles. The van der Waals surface area contributed by atoms with E-state index in [-0.39, 0.29) is 0 Å². The Morgan fingerprint density at radius 1 is 0.385 bits per heavy atom. The molecule has 0 saturated carbocycles. The first-order valence-electron chi connectivity index (χ1n) is 10.0. The number of benzene rings is 3. The van der Waals surface area contributed by atoms with Gasteiger partial charge in [0.15, 0.2) is 0 Å². The third-order valence-corrected chi connectivity index (χ3v) is 5.04. The fourth-order valence-corrected chi connectivity index (χ4v) is 3.47. The molecule has 0 aliphatic rings. The van der Waals surface area contributed by atoms with Crippen LogP contribution >= 0.6 is 0 Å². The van der Waals surface area contributed by atoms with Crippen molar-refractivity contribution in [1.29, 1.82) is 0 Å². The molecule has 0 spiro atoms. The molecule has 0 saturated heterocycles. The highest BCUT2D eigenvalue weighted by Crippen LogP contribution is 2.21. The van der Waals surface area contributed by atoms with Gasteiger partial charge in [0, 0.05) is 0 Å². The second-order valence-electron chi connectivity index (χ2n) is 7.21. The summed E-state index contributed by atoms with van der Waals surface area (Å²) in [4.78, 5) is 0. The van der Waals surface area contributed by atoms with E-state index in [1.807, 2.05) is 0 Å². The zero-order valence-corrected chi connectivity index (χ0v) is 16.2. The van der Waals surface area contributed by atoms with E-state index in [4.69, 9.17) is 0 Å². The summed E-state index contributed by atoms with van der Waals surface area (Å²) in [6.45, 7) is 4.46. The number of hydrogen-bond donors (Lipinski definition) is 0. The predicted molar refractivity (Wildman–Crippen MR) is 114 cm³/mol. The molecular formula is C26H30. The lowest BCUT2D eigenvalue weighted by atomic mass is 9.98. The van der Waals surface area contributed by atoms with E-state index < -0.39 is 0 Å². The molecule has 0 unspecified atom stereocenters. The SMILES string of the molecule is CCCc1ccc(CCc2ccc(-c3ccc(CCC)cc3)cc2)cc1. The van der Waals surface area contributed by atoms with Crippen molar-refractivity contribution < 1.29 is 0 Å². The molecule has 0 N–H and O–H groups in total. The first kappa shape index (κ1) is 18.5. The third-order valence-electron chi connectivity index (χ3n) is 5.04. The Hall–Kier alpha value is -2.34. The first-order valence-corrected chi connectivity index (χ1v) is 10.0. The molecule has 0 aliphatic carbocycles. The topological polar surface area (TPSA) is 0 Å². The molecule has 0 aromatic heterocycles. The minimum atomic E-state index is 1.10. The van der Waals surface area contributed by atoms with Gasteiger partial charge in [-0.2, -0.15) is 0 Å². The van der Waals surface area contributed by atoms with Crippen LogP contribution in [0.25, 0.3) is 11.1 Å². The van der Waals surface area contributed by atoms with Crippen LogP contribution in [-0.4, -0.2) is 0 Å². The Balaban J connectivity index is 1.58. The monoisotopic (exact) mass is 342 g/mol. The summed E-state index contributed by atoms with van der Waals surface area (Å²) in [7, 11) is 0. The Bertz CT molecular complexity index is 777. The average molecular weight is 343 g/mol. The number of hydrogen-bond acceptors (Lipinski definition) is 0. The molecule has 0 bridgehead atoms. The summed E-state index contributed by atoms with van der Waals surface area (Å²) in [5.41, 5.74) is 8.33. The van der Waals surface area contributed by atoms with Crippen molar-refractivity contribution in [3.8, 4) is 11.1 Å². The minimum Gasteiger partial charge on any atom is -0.0651 e. The zero-order valence-electron chi connectivity index (χ0n) is 16.2. The largest absolute Gasteiger partial charge is 0.0651 e. The fourth-order valence-electron chi connectivity index (χ4n) is 3.47.